The van der Waals surface area contributed by atoms with Crippen LogP contribution in [0.2, 0.25) is 0 Å². The number of allylic oxidation sites excluding steroid dienone is 10. The van der Waals surface area contributed by atoms with Gasteiger partial charge < -0.3 is 20.1 Å². The van der Waals surface area contributed by atoms with Gasteiger partial charge in [0.2, 0.25) is 0 Å². The van der Waals surface area contributed by atoms with Crippen LogP contribution in [0.5, 0.6) is 0 Å². The van der Waals surface area contributed by atoms with Gasteiger partial charge in [-0.25, -0.2) is 4.57 Å². The van der Waals surface area contributed by atoms with Crippen molar-refractivity contribution in [2.45, 2.75) is 155 Å². The van der Waals surface area contributed by atoms with Gasteiger partial charge in [0.1, 0.15) is 6.61 Å². The molecule has 52 heavy (non-hydrogen) atoms. The summed E-state index contributed by atoms with van der Waals surface area (Å²) in [5.74, 6) is -0.778. The molecule has 0 rings (SSSR count). The summed E-state index contributed by atoms with van der Waals surface area (Å²) in [6.45, 7) is 3.43. The smallest absolute Gasteiger partial charge is 0.462 e. The Morgan fingerprint density at radius 1 is 0.635 bits per heavy atom. The number of carbonyl (C=O) groups excluding carboxylic acids is 3. The van der Waals surface area contributed by atoms with Crippen LogP contribution in [0, 0.1) is 0 Å². The fourth-order valence-corrected chi connectivity index (χ4v) is 5.63. The van der Waals surface area contributed by atoms with Crippen LogP contribution in [0.25, 0.3) is 0 Å². The summed E-state index contributed by atoms with van der Waals surface area (Å²) in [5.41, 5.74) is 5.32. The van der Waals surface area contributed by atoms with Crippen molar-refractivity contribution in [3.63, 3.8) is 0 Å². The molecule has 10 nitrogen and oxygen atoms in total. The number of ketones is 1. The van der Waals surface area contributed by atoms with Gasteiger partial charge in [-0.15, -0.1) is 0 Å². The van der Waals surface area contributed by atoms with Gasteiger partial charge in [-0.1, -0.05) is 120 Å². The van der Waals surface area contributed by atoms with Gasteiger partial charge in [0.05, 0.1) is 13.2 Å². The maximum Gasteiger partial charge on any atom is 0.472 e. The predicted molar refractivity (Wildman–Crippen MR) is 211 cm³/mol. The van der Waals surface area contributed by atoms with E-state index in [1.807, 2.05) is 24.3 Å². The molecule has 2 atom stereocenters. The highest BCUT2D eigenvalue weighted by atomic mass is 31.2. The van der Waals surface area contributed by atoms with E-state index in [1.165, 1.54) is 25.7 Å². The van der Waals surface area contributed by atoms with Crippen molar-refractivity contribution in [3.05, 3.63) is 60.8 Å². The second kappa shape index (κ2) is 36.7. The molecular weight excluding hydrogens is 681 g/mol. The zero-order chi connectivity index (χ0) is 38.4. The minimum absolute atomic E-state index is 0.0332. The first-order chi connectivity index (χ1) is 25.2. The SMILES string of the molecule is CCCCCC/C=C\CCCCCCCC(=O)O[C@H](COC(=O)CCC/C=C\C/C=C\C/C=C\C=C\C(=O)CCCCC)COP(=O)(O)OCCN. The van der Waals surface area contributed by atoms with Crippen molar-refractivity contribution in [1.82, 2.24) is 0 Å². The molecule has 0 radical (unpaired) electrons. The zero-order valence-electron chi connectivity index (χ0n) is 32.3. The van der Waals surface area contributed by atoms with Gasteiger partial charge in [-0.2, -0.15) is 0 Å². The first kappa shape index (κ1) is 49.4. The summed E-state index contributed by atoms with van der Waals surface area (Å²) in [5, 5.41) is 0. The Morgan fingerprint density at radius 3 is 1.90 bits per heavy atom. The van der Waals surface area contributed by atoms with Gasteiger partial charge in [-0.05, 0) is 70.3 Å². The largest absolute Gasteiger partial charge is 0.472 e. The van der Waals surface area contributed by atoms with E-state index in [0.29, 0.717) is 25.7 Å². The van der Waals surface area contributed by atoms with Crippen molar-refractivity contribution in [2.75, 3.05) is 26.4 Å². The molecule has 0 spiro atoms. The number of phosphoric acid groups is 1. The Morgan fingerprint density at radius 2 is 1.19 bits per heavy atom. The molecule has 1 unspecified atom stereocenters. The highest BCUT2D eigenvalue weighted by molar-refractivity contribution is 7.47. The normalized spacial score (nSPS) is 13.9. The summed E-state index contributed by atoms with van der Waals surface area (Å²) in [6.07, 6.45) is 38.1. The minimum atomic E-state index is -4.40. The Bertz CT molecular complexity index is 1100. The van der Waals surface area contributed by atoms with Gasteiger partial charge in [-0.3, -0.25) is 23.4 Å². The van der Waals surface area contributed by atoms with Crippen LogP contribution in [-0.2, 0) is 37.5 Å². The van der Waals surface area contributed by atoms with Crippen molar-refractivity contribution < 1.29 is 42.4 Å². The van der Waals surface area contributed by atoms with Crippen LogP contribution in [0.3, 0.4) is 0 Å². The molecule has 0 aromatic carbocycles. The van der Waals surface area contributed by atoms with E-state index in [2.05, 4.69) is 38.2 Å². The molecule has 0 fully saturated rings. The van der Waals surface area contributed by atoms with E-state index in [0.717, 1.165) is 70.6 Å². The third-order valence-electron chi connectivity index (χ3n) is 7.85. The molecule has 11 heteroatoms. The summed E-state index contributed by atoms with van der Waals surface area (Å²) < 4.78 is 32.6. The topological polar surface area (TPSA) is 151 Å². The molecule has 0 bridgehead atoms. The fraction of sp³-hybridized carbons (Fsp3) is 0.683. The van der Waals surface area contributed by atoms with Gasteiger partial charge >= 0.3 is 19.8 Å². The standard InChI is InChI=1S/C41H70NO9P/c1-3-5-7-8-9-10-11-12-15-19-22-25-29-33-41(45)51-39(37-50-52(46,47)49-35-34-42)36-48-40(44)32-28-24-21-18-16-13-14-17-20-23-27-31-38(43)30-26-6-4-2/h10-11,13-14,18,20-21,23,27,31,39H,3-9,12,15-17,19,22,24-26,28-30,32-37,42H2,1-2H3,(H,46,47)/b11-10-,14-13-,21-18-,23-20-,31-27+/t39-/m1/s1. The molecule has 0 saturated heterocycles. The quantitative estimate of drug-likeness (QED) is 0.0158. The summed E-state index contributed by atoms with van der Waals surface area (Å²) in [4.78, 5) is 46.4. The second-order valence-corrected chi connectivity index (χ2v) is 14.3. The molecule has 0 heterocycles. The summed E-state index contributed by atoms with van der Waals surface area (Å²) in [6, 6.07) is 0. The van der Waals surface area contributed by atoms with E-state index in [4.69, 9.17) is 24.3 Å². The fourth-order valence-electron chi connectivity index (χ4n) is 4.87. The molecule has 0 aromatic heterocycles. The lowest BCUT2D eigenvalue weighted by Gasteiger charge is -2.19. The number of unbranched alkanes of at least 4 members (excludes halogenated alkanes) is 12. The van der Waals surface area contributed by atoms with E-state index >= 15 is 0 Å². The number of phosphoric ester groups is 1. The third kappa shape index (κ3) is 35.8. The lowest BCUT2D eigenvalue weighted by atomic mass is 10.1. The number of ether oxygens (including phenoxy) is 2. The monoisotopic (exact) mass is 751 g/mol. The lowest BCUT2D eigenvalue weighted by molar-refractivity contribution is -0.161. The number of hydrogen-bond donors (Lipinski definition) is 2. The number of esters is 2. The first-order valence-corrected chi connectivity index (χ1v) is 21.2. The highest BCUT2D eigenvalue weighted by Crippen LogP contribution is 2.43. The molecule has 0 aromatic rings. The van der Waals surface area contributed by atoms with Crippen molar-refractivity contribution in [1.29, 1.82) is 0 Å². The highest BCUT2D eigenvalue weighted by Gasteiger charge is 2.25. The first-order valence-electron chi connectivity index (χ1n) is 19.7. The van der Waals surface area contributed by atoms with Crippen LogP contribution in [0.4, 0.5) is 0 Å². The molecule has 0 aliphatic rings. The molecule has 0 aliphatic carbocycles. The third-order valence-corrected chi connectivity index (χ3v) is 8.84. The molecule has 3 N–H and O–H groups in total. The minimum Gasteiger partial charge on any atom is -0.462 e. The molecule has 298 valence electrons. The number of hydrogen-bond acceptors (Lipinski definition) is 9. The summed E-state index contributed by atoms with van der Waals surface area (Å²) >= 11 is 0. The summed E-state index contributed by atoms with van der Waals surface area (Å²) in [7, 11) is -4.40. The Balaban J connectivity index is 4.37. The number of carbonyl (C=O) groups is 3. The number of rotatable bonds is 36. The average Bonchev–Trinajstić information content (AvgIpc) is 3.12. The Hall–Kier alpha value is -2.62. The molecule has 0 amide bonds. The Labute approximate surface area is 315 Å². The molecule has 0 aliphatic heterocycles. The lowest BCUT2D eigenvalue weighted by Crippen LogP contribution is -2.29. The second-order valence-electron chi connectivity index (χ2n) is 12.8. The predicted octanol–water partition coefficient (Wildman–Crippen LogP) is 10.1. The Kier molecular flexibility index (Phi) is 34.9. The zero-order valence-corrected chi connectivity index (χ0v) is 33.2. The van der Waals surface area contributed by atoms with E-state index in [1.54, 1.807) is 12.2 Å². The van der Waals surface area contributed by atoms with E-state index in [-0.39, 0.29) is 38.4 Å². The van der Waals surface area contributed by atoms with Crippen molar-refractivity contribution >= 4 is 25.5 Å². The van der Waals surface area contributed by atoms with E-state index in [9.17, 15) is 23.8 Å². The van der Waals surface area contributed by atoms with Crippen LogP contribution < -0.4 is 5.73 Å². The van der Waals surface area contributed by atoms with Gasteiger partial charge in [0.25, 0.3) is 0 Å². The van der Waals surface area contributed by atoms with Crippen LogP contribution in [0.1, 0.15) is 149 Å². The van der Waals surface area contributed by atoms with Gasteiger partial charge in [0, 0.05) is 25.8 Å². The van der Waals surface area contributed by atoms with E-state index < -0.39 is 32.5 Å². The number of nitrogens with two attached hydrogens (primary N) is 1. The maximum atomic E-state index is 12.5. The van der Waals surface area contributed by atoms with Crippen molar-refractivity contribution in [2.24, 2.45) is 5.73 Å². The van der Waals surface area contributed by atoms with Crippen LogP contribution in [0.15, 0.2) is 60.8 Å². The average molecular weight is 752 g/mol. The maximum absolute atomic E-state index is 12.5. The molecule has 0 saturated carbocycles. The van der Waals surface area contributed by atoms with Crippen LogP contribution in [-0.4, -0.2) is 55.1 Å². The molecular formula is C41H70NO9P. The van der Waals surface area contributed by atoms with Crippen LogP contribution >= 0.6 is 7.82 Å². The van der Waals surface area contributed by atoms with Crippen molar-refractivity contribution in [3.8, 4) is 0 Å². The van der Waals surface area contributed by atoms with Gasteiger partial charge in [0.15, 0.2) is 11.9 Å².